The molecule has 4 rings (SSSR count). The Morgan fingerprint density at radius 2 is 2.00 bits per heavy atom. The number of rotatable bonds is 3. The first-order valence-corrected chi connectivity index (χ1v) is 9.33. The molecular formula is C20H23FN2O4. The number of halogens is 1. The summed E-state index contributed by atoms with van der Waals surface area (Å²) in [6.07, 6.45) is 3.40. The number of aliphatic hydroxyl groups excluding tert-OH is 1. The van der Waals surface area contributed by atoms with Gasteiger partial charge in [-0.1, -0.05) is 6.92 Å². The van der Waals surface area contributed by atoms with E-state index in [2.05, 4.69) is 0 Å². The van der Waals surface area contributed by atoms with Crippen molar-refractivity contribution in [2.75, 3.05) is 18.0 Å². The molecule has 0 radical (unpaired) electrons. The van der Waals surface area contributed by atoms with Crippen molar-refractivity contribution in [1.82, 2.24) is 4.57 Å². The standard InChI is InChI=1S/C20H23FN2O4/c1-10-8-22(6-5-16(10)24)18-11(2)17-13(7-15(18)21)19(25)14(20(26)27)9-23(17)12-3-4-12/h7,9-10,12,16,24H,3-6,8H2,1-2H3,(H,26,27)/t10-,16-/m0/s1. The van der Waals surface area contributed by atoms with E-state index in [4.69, 9.17) is 0 Å². The Bertz CT molecular complexity index is 996. The van der Waals surface area contributed by atoms with Crippen LogP contribution in [0.1, 0.15) is 48.1 Å². The van der Waals surface area contributed by atoms with Gasteiger partial charge in [-0.15, -0.1) is 0 Å². The molecule has 0 unspecified atom stereocenters. The third kappa shape index (κ3) is 2.90. The number of aromatic carboxylic acids is 1. The van der Waals surface area contributed by atoms with Gasteiger partial charge in [-0.3, -0.25) is 4.79 Å². The van der Waals surface area contributed by atoms with Crippen LogP contribution in [-0.4, -0.2) is 39.9 Å². The van der Waals surface area contributed by atoms with Crippen LogP contribution in [0.2, 0.25) is 0 Å². The predicted octanol–water partition coefficient (Wildman–Crippen LogP) is 2.69. The van der Waals surface area contributed by atoms with Crippen molar-refractivity contribution in [3.8, 4) is 0 Å². The molecule has 1 aliphatic heterocycles. The Balaban J connectivity index is 1.96. The molecular weight excluding hydrogens is 351 g/mol. The van der Waals surface area contributed by atoms with Crippen molar-refractivity contribution in [3.63, 3.8) is 0 Å². The number of benzene rings is 1. The lowest BCUT2D eigenvalue weighted by molar-refractivity contribution is 0.0694. The molecule has 0 spiro atoms. The summed E-state index contributed by atoms with van der Waals surface area (Å²) < 4.78 is 16.9. The van der Waals surface area contributed by atoms with E-state index in [1.165, 1.54) is 12.3 Å². The fourth-order valence-electron chi connectivity index (χ4n) is 4.19. The maximum Gasteiger partial charge on any atom is 0.341 e. The van der Waals surface area contributed by atoms with Crippen molar-refractivity contribution in [2.45, 2.75) is 45.3 Å². The number of aliphatic hydroxyl groups is 1. The summed E-state index contributed by atoms with van der Waals surface area (Å²) in [6, 6.07) is 1.33. The van der Waals surface area contributed by atoms with E-state index in [1.807, 2.05) is 16.4 Å². The predicted molar refractivity (Wildman–Crippen MR) is 100 cm³/mol. The Kier molecular flexibility index (Phi) is 4.22. The molecule has 27 heavy (non-hydrogen) atoms. The third-order valence-electron chi connectivity index (χ3n) is 5.83. The highest BCUT2D eigenvalue weighted by Crippen LogP contribution is 2.40. The average molecular weight is 374 g/mol. The van der Waals surface area contributed by atoms with Crippen molar-refractivity contribution in [3.05, 3.63) is 39.4 Å². The van der Waals surface area contributed by atoms with Gasteiger partial charge in [0.15, 0.2) is 0 Å². The zero-order chi connectivity index (χ0) is 19.5. The van der Waals surface area contributed by atoms with E-state index >= 15 is 4.39 Å². The molecule has 1 saturated carbocycles. The van der Waals surface area contributed by atoms with Crippen LogP contribution in [0.25, 0.3) is 10.9 Å². The molecule has 0 bridgehead atoms. The highest BCUT2D eigenvalue weighted by Gasteiger charge is 2.31. The number of aryl methyl sites for hydroxylation is 1. The van der Waals surface area contributed by atoms with E-state index in [0.29, 0.717) is 36.3 Å². The molecule has 144 valence electrons. The second-order valence-corrected chi connectivity index (χ2v) is 7.82. The Morgan fingerprint density at radius 1 is 1.30 bits per heavy atom. The van der Waals surface area contributed by atoms with E-state index in [-0.39, 0.29) is 22.9 Å². The lowest BCUT2D eigenvalue weighted by Crippen LogP contribution is -2.42. The van der Waals surface area contributed by atoms with Crippen LogP contribution in [0.15, 0.2) is 17.1 Å². The van der Waals surface area contributed by atoms with Crippen LogP contribution in [0, 0.1) is 18.7 Å². The lowest BCUT2D eigenvalue weighted by Gasteiger charge is -2.37. The normalized spacial score (nSPS) is 23.0. The molecule has 1 aromatic carbocycles. The summed E-state index contributed by atoms with van der Waals surface area (Å²) in [5, 5.41) is 19.5. The topological polar surface area (TPSA) is 82.8 Å². The zero-order valence-corrected chi connectivity index (χ0v) is 15.4. The Hall–Kier alpha value is -2.41. The molecule has 1 saturated heterocycles. The summed E-state index contributed by atoms with van der Waals surface area (Å²) in [5.74, 6) is -1.80. The van der Waals surface area contributed by atoms with Crippen molar-refractivity contribution in [1.29, 1.82) is 0 Å². The van der Waals surface area contributed by atoms with E-state index in [0.717, 1.165) is 12.8 Å². The Labute approximate surface area is 155 Å². The number of piperidine rings is 1. The molecule has 2 aromatic rings. The highest BCUT2D eigenvalue weighted by atomic mass is 19.1. The number of aromatic nitrogens is 1. The second kappa shape index (κ2) is 6.34. The minimum absolute atomic E-state index is 0.0215. The lowest BCUT2D eigenvalue weighted by atomic mass is 9.95. The van der Waals surface area contributed by atoms with E-state index in [1.54, 1.807) is 6.92 Å². The number of anilines is 1. The van der Waals surface area contributed by atoms with Gasteiger partial charge < -0.3 is 19.7 Å². The quantitative estimate of drug-likeness (QED) is 0.863. The SMILES string of the molecule is Cc1c(N2CC[C@H](O)[C@@H](C)C2)c(F)cc2c(=O)c(C(=O)O)cn(C3CC3)c12. The molecule has 2 atom stereocenters. The fourth-order valence-corrected chi connectivity index (χ4v) is 4.19. The largest absolute Gasteiger partial charge is 0.477 e. The van der Waals surface area contributed by atoms with Gasteiger partial charge in [0.1, 0.15) is 11.4 Å². The first-order chi connectivity index (χ1) is 12.8. The van der Waals surface area contributed by atoms with Gasteiger partial charge in [0.25, 0.3) is 0 Å². The maximum absolute atomic E-state index is 15.1. The van der Waals surface area contributed by atoms with Crippen LogP contribution in [0.5, 0.6) is 0 Å². The molecule has 1 aliphatic carbocycles. The second-order valence-electron chi connectivity index (χ2n) is 7.82. The number of pyridine rings is 1. The maximum atomic E-state index is 15.1. The number of hydrogen-bond acceptors (Lipinski definition) is 4. The number of carboxylic acid groups (broad SMARTS) is 1. The summed E-state index contributed by atoms with van der Waals surface area (Å²) in [7, 11) is 0. The number of hydrogen-bond donors (Lipinski definition) is 2. The van der Waals surface area contributed by atoms with Crippen molar-refractivity contribution >= 4 is 22.6 Å². The van der Waals surface area contributed by atoms with Gasteiger partial charge in [0, 0.05) is 30.7 Å². The minimum Gasteiger partial charge on any atom is -0.477 e. The van der Waals surface area contributed by atoms with Crippen molar-refractivity contribution < 1.29 is 19.4 Å². The molecule has 7 heteroatoms. The van der Waals surface area contributed by atoms with Crippen LogP contribution >= 0.6 is 0 Å². The van der Waals surface area contributed by atoms with Gasteiger partial charge >= 0.3 is 5.97 Å². The molecule has 0 amide bonds. The van der Waals surface area contributed by atoms with Gasteiger partial charge in [-0.2, -0.15) is 0 Å². The Morgan fingerprint density at radius 3 is 2.59 bits per heavy atom. The first kappa shape index (κ1) is 18.0. The monoisotopic (exact) mass is 374 g/mol. The first-order valence-electron chi connectivity index (χ1n) is 9.33. The number of carboxylic acids is 1. The van der Waals surface area contributed by atoms with Crippen LogP contribution in [-0.2, 0) is 0 Å². The smallest absolute Gasteiger partial charge is 0.341 e. The molecule has 2 aliphatic rings. The third-order valence-corrected chi connectivity index (χ3v) is 5.83. The van der Waals surface area contributed by atoms with Crippen LogP contribution in [0.3, 0.4) is 0 Å². The molecule has 6 nitrogen and oxygen atoms in total. The molecule has 2 N–H and O–H groups in total. The molecule has 2 heterocycles. The summed E-state index contributed by atoms with van der Waals surface area (Å²) in [5.41, 5.74) is 0.733. The van der Waals surface area contributed by atoms with Gasteiger partial charge in [-0.05, 0) is 43.7 Å². The number of carbonyl (C=O) groups is 1. The van der Waals surface area contributed by atoms with E-state index < -0.39 is 23.3 Å². The van der Waals surface area contributed by atoms with Crippen LogP contribution < -0.4 is 10.3 Å². The van der Waals surface area contributed by atoms with Gasteiger partial charge in [0.2, 0.25) is 5.43 Å². The summed E-state index contributed by atoms with van der Waals surface area (Å²) in [6.45, 7) is 4.79. The minimum atomic E-state index is -1.29. The van der Waals surface area contributed by atoms with E-state index in [9.17, 15) is 19.8 Å². The zero-order valence-electron chi connectivity index (χ0n) is 15.4. The fraction of sp³-hybridized carbons (Fsp3) is 0.500. The molecule has 2 fully saturated rings. The van der Waals surface area contributed by atoms with Gasteiger partial charge in [-0.25, -0.2) is 9.18 Å². The number of fused-ring (bicyclic) bond motifs is 1. The van der Waals surface area contributed by atoms with Gasteiger partial charge in [0.05, 0.1) is 17.3 Å². The summed E-state index contributed by atoms with van der Waals surface area (Å²) >= 11 is 0. The van der Waals surface area contributed by atoms with Crippen LogP contribution in [0.4, 0.5) is 10.1 Å². The molecule has 1 aromatic heterocycles. The average Bonchev–Trinajstić information content (AvgIpc) is 3.43. The highest BCUT2D eigenvalue weighted by molar-refractivity contribution is 5.95. The summed E-state index contributed by atoms with van der Waals surface area (Å²) in [4.78, 5) is 26.0. The van der Waals surface area contributed by atoms with Crippen molar-refractivity contribution in [2.24, 2.45) is 5.92 Å². The number of nitrogens with zero attached hydrogens (tertiary/aromatic N) is 2.